The van der Waals surface area contributed by atoms with Crippen LogP contribution in [0.5, 0.6) is 5.75 Å². The van der Waals surface area contributed by atoms with Gasteiger partial charge in [0.15, 0.2) is 0 Å². The molecule has 0 radical (unpaired) electrons. The molecule has 86 valence electrons. The molecule has 2 aromatic carbocycles. The molecule has 1 N–H and O–H groups in total. The van der Waals surface area contributed by atoms with Crippen LogP contribution in [0, 0.1) is 11.3 Å². The highest BCUT2D eigenvalue weighted by atomic mass is 16.3. The molecule has 3 heteroatoms. The van der Waals surface area contributed by atoms with Crippen molar-refractivity contribution in [3.8, 4) is 23.1 Å². The van der Waals surface area contributed by atoms with Crippen LogP contribution in [0.1, 0.15) is 5.56 Å². The second-order valence-corrected chi connectivity index (χ2v) is 4.02. The fourth-order valence-electron chi connectivity index (χ4n) is 1.88. The lowest BCUT2D eigenvalue weighted by molar-refractivity contribution is 0.475. The second-order valence-electron chi connectivity index (χ2n) is 4.02. The first-order chi connectivity index (χ1) is 8.76. The summed E-state index contributed by atoms with van der Waals surface area (Å²) in [5.74, 6) is 0.946. The number of rotatable bonds is 1. The van der Waals surface area contributed by atoms with Gasteiger partial charge in [0.05, 0.1) is 11.6 Å². The molecular formula is C15H9NO2. The Kier molecular flexibility index (Phi) is 2.28. The Morgan fingerprint density at radius 1 is 1.00 bits per heavy atom. The summed E-state index contributed by atoms with van der Waals surface area (Å²) in [6, 6.07) is 16.1. The lowest BCUT2D eigenvalue weighted by atomic mass is 10.1. The summed E-state index contributed by atoms with van der Waals surface area (Å²) in [4.78, 5) is 0. The van der Waals surface area contributed by atoms with Crippen molar-refractivity contribution in [2.24, 2.45) is 0 Å². The minimum atomic E-state index is 0.224. The van der Waals surface area contributed by atoms with Crippen LogP contribution in [0.3, 0.4) is 0 Å². The average Bonchev–Trinajstić information content (AvgIpc) is 2.82. The predicted octanol–water partition coefficient (Wildman–Crippen LogP) is 3.68. The lowest BCUT2D eigenvalue weighted by Crippen LogP contribution is -1.71. The van der Waals surface area contributed by atoms with Gasteiger partial charge in [-0.2, -0.15) is 5.26 Å². The van der Waals surface area contributed by atoms with Gasteiger partial charge < -0.3 is 9.52 Å². The van der Waals surface area contributed by atoms with E-state index in [0.29, 0.717) is 5.56 Å². The number of furan rings is 1. The fourth-order valence-corrected chi connectivity index (χ4v) is 1.88. The number of nitrogens with zero attached hydrogens (tertiary/aromatic N) is 1. The zero-order chi connectivity index (χ0) is 12.5. The largest absolute Gasteiger partial charge is 0.508 e. The Labute approximate surface area is 104 Å². The number of hydrogen-bond acceptors (Lipinski definition) is 3. The highest BCUT2D eigenvalue weighted by Gasteiger charge is 2.06. The molecule has 0 aliphatic heterocycles. The Morgan fingerprint density at radius 2 is 1.78 bits per heavy atom. The summed E-state index contributed by atoms with van der Waals surface area (Å²) < 4.78 is 5.70. The number of nitriles is 1. The third kappa shape index (κ3) is 1.70. The van der Waals surface area contributed by atoms with E-state index in [1.165, 1.54) is 0 Å². The SMILES string of the molecule is N#Cc1ccc2oc(-c3ccc(O)cc3)cc2c1. The quantitative estimate of drug-likeness (QED) is 0.700. The van der Waals surface area contributed by atoms with Crippen LogP contribution in [0.4, 0.5) is 0 Å². The van der Waals surface area contributed by atoms with Crippen molar-refractivity contribution in [1.82, 2.24) is 0 Å². The molecule has 0 unspecified atom stereocenters. The summed E-state index contributed by atoms with van der Waals surface area (Å²) in [6.45, 7) is 0. The first-order valence-corrected chi connectivity index (χ1v) is 5.49. The Balaban J connectivity index is 2.13. The molecule has 3 rings (SSSR count). The van der Waals surface area contributed by atoms with Crippen molar-refractivity contribution in [2.75, 3.05) is 0 Å². The third-order valence-electron chi connectivity index (χ3n) is 2.80. The van der Waals surface area contributed by atoms with Crippen molar-refractivity contribution in [3.05, 3.63) is 54.1 Å². The third-order valence-corrected chi connectivity index (χ3v) is 2.80. The van der Waals surface area contributed by atoms with Gasteiger partial charge >= 0.3 is 0 Å². The van der Waals surface area contributed by atoms with Crippen LogP contribution >= 0.6 is 0 Å². The summed E-state index contributed by atoms with van der Waals surface area (Å²) >= 11 is 0. The van der Waals surface area contributed by atoms with E-state index in [4.69, 9.17) is 9.68 Å². The van der Waals surface area contributed by atoms with Crippen LogP contribution < -0.4 is 0 Å². The molecule has 1 aromatic heterocycles. The summed E-state index contributed by atoms with van der Waals surface area (Å²) in [6.07, 6.45) is 0. The topological polar surface area (TPSA) is 57.2 Å². The van der Waals surface area contributed by atoms with E-state index in [0.717, 1.165) is 22.3 Å². The van der Waals surface area contributed by atoms with Crippen LogP contribution in [0.15, 0.2) is 52.9 Å². The highest BCUT2D eigenvalue weighted by Crippen LogP contribution is 2.29. The number of aromatic hydroxyl groups is 1. The maximum Gasteiger partial charge on any atom is 0.135 e. The van der Waals surface area contributed by atoms with Gasteiger partial charge in [0.25, 0.3) is 0 Å². The first kappa shape index (κ1) is 10.4. The molecule has 0 aliphatic rings. The molecule has 3 nitrogen and oxygen atoms in total. The van der Waals surface area contributed by atoms with E-state index in [1.54, 1.807) is 42.5 Å². The van der Waals surface area contributed by atoms with E-state index < -0.39 is 0 Å². The zero-order valence-electron chi connectivity index (χ0n) is 9.42. The van der Waals surface area contributed by atoms with Crippen LogP contribution in [0.2, 0.25) is 0 Å². The molecule has 0 saturated heterocycles. The van der Waals surface area contributed by atoms with E-state index >= 15 is 0 Å². The van der Waals surface area contributed by atoms with Gasteiger partial charge in [0.2, 0.25) is 0 Å². The second kappa shape index (κ2) is 3.94. The van der Waals surface area contributed by atoms with E-state index in [9.17, 15) is 5.11 Å². The van der Waals surface area contributed by atoms with Crippen LogP contribution in [0.25, 0.3) is 22.3 Å². The molecular weight excluding hydrogens is 226 g/mol. The highest BCUT2D eigenvalue weighted by molar-refractivity contribution is 5.84. The van der Waals surface area contributed by atoms with Crippen LogP contribution in [-0.4, -0.2) is 5.11 Å². The number of phenols is 1. The monoisotopic (exact) mass is 235 g/mol. The summed E-state index contributed by atoms with van der Waals surface area (Å²) in [5, 5.41) is 19.0. The predicted molar refractivity (Wildman–Crippen MR) is 68.0 cm³/mol. The fraction of sp³-hybridized carbons (Fsp3) is 0. The normalized spacial score (nSPS) is 10.4. The van der Waals surface area contributed by atoms with Crippen molar-refractivity contribution in [1.29, 1.82) is 5.26 Å². The van der Waals surface area contributed by atoms with E-state index in [2.05, 4.69) is 6.07 Å². The van der Waals surface area contributed by atoms with Gasteiger partial charge in [-0.15, -0.1) is 0 Å². The maximum absolute atomic E-state index is 9.25. The minimum absolute atomic E-state index is 0.224. The van der Waals surface area contributed by atoms with E-state index in [-0.39, 0.29) is 5.75 Å². The molecule has 18 heavy (non-hydrogen) atoms. The summed E-state index contributed by atoms with van der Waals surface area (Å²) in [5.41, 5.74) is 2.25. The number of benzene rings is 2. The standard InChI is InChI=1S/C15H9NO2/c16-9-10-1-6-14-12(7-10)8-15(18-14)11-2-4-13(17)5-3-11/h1-8,17H. The van der Waals surface area contributed by atoms with Gasteiger partial charge in [-0.1, -0.05) is 0 Å². The van der Waals surface area contributed by atoms with Gasteiger partial charge in [0, 0.05) is 10.9 Å². The molecule has 0 saturated carbocycles. The average molecular weight is 235 g/mol. The molecule has 0 aliphatic carbocycles. The maximum atomic E-state index is 9.25. The van der Waals surface area contributed by atoms with Gasteiger partial charge in [-0.3, -0.25) is 0 Å². The molecule has 0 amide bonds. The van der Waals surface area contributed by atoms with Crippen molar-refractivity contribution < 1.29 is 9.52 Å². The van der Waals surface area contributed by atoms with Gasteiger partial charge in [-0.25, -0.2) is 0 Å². The first-order valence-electron chi connectivity index (χ1n) is 5.49. The molecule has 0 atom stereocenters. The Bertz CT molecular complexity index is 748. The zero-order valence-corrected chi connectivity index (χ0v) is 9.42. The Hall–Kier alpha value is -2.73. The van der Waals surface area contributed by atoms with Crippen LogP contribution in [-0.2, 0) is 0 Å². The molecule has 3 aromatic rings. The smallest absolute Gasteiger partial charge is 0.135 e. The van der Waals surface area contributed by atoms with Gasteiger partial charge in [-0.05, 0) is 48.5 Å². The Morgan fingerprint density at radius 3 is 2.50 bits per heavy atom. The summed E-state index contributed by atoms with van der Waals surface area (Å²) in [7, 11) is 0. The van der Waals surface area contributed by atoms with Crippen molar-refractivity contribution >= 4 is 11.0 Å². The molecule has 0 fully saturated rings. The number of hydrogen-bond donors (Lipinski definition) is 1. The molecule has 0 bridgehead atoms. The number of phenolic OH excluding ortho intramolecular Hbond substituents is 1. The van der Waals surface area contributed by atoms with Crippen molar-refractivity contribution in [3.63, 3.8) is 0 Å². The van der Waals surface area contributed by atoms with Gasteiger partial charge in [0.1, 0.15) is 17.1 Å². The van der Waals surface area contributed by atoms with E-state index in [1.807, 2.05) is 6.07 Å². The lowest BCUT2D eigenvalue weighted by Gasteiger charge is -1.95. The number of fused-ring (bicyclic) bond motifs is 1. The molecule has 0 spiro atoms. The van der Waals surface area contributed by atoms with Crippen molar-refractivity contribution in [2.45, 2.75) is 0 Å². The molecule has 1 heterocycles. The minimum Gasteiger partial charge on any atom is -0.508 e.